The van der Waals surface area contributed by atoms with Crippen LogP contribution in [0, 0.1) is 6.92 Å². The van der Waals surface area contributed by atoms with Crippen LogP contribution < -0.4 is 14.4 Å². The first-order valence-corrected chi connectivity index (χ1v) is 11.8. The lowest BCUT2D eigenvalue weighted by Gasteiger charge is -2.22. The number of aryl methyl sites for hydroxylation is 1. The molecule has 0 aliphatic heterocycles. The van der Waals surface area contributed by atoms with Crippen molar-refractivity contribution >= 4 is 33.4 Å². The van der Waals surface area contributed by atoms with E-state index in [-0.39, 0.29) is 12.5 Å². The minimum atomic E-state index is -3.60. The Kier molecular flexibility index (Phi) is 8.19. The monoisotopic (exact) mass is 422 g/mol. The van der Waals surface area contributed by atoms with Crippen LogP contribution in [0.3, 0.4) is 0 Å². The van der Waals surface area contributed by atoms with Crippen molar-refractivity contribution in [3.63, 3.8) is 0 Å². The summed E-state index contributed by atoms with van der Waals surface area (Å²) < 4.78 is 30.5. The van der Waals surface area contributed by atoms with Gasteiger partial charge in [-0.1, -0.05) is 35.9 Å². The maximum absolute atomic E-state index is 12.2. The van der Waals surface area contributed by atoms with Crippen molar-refractivity contribution in [1.29, 1.82) is 0 Å². The molecule has 6 nitrogen and oxygen atoms in total. The van der Waals surface area contributed by atoms with Gasteiger partial charge in [0.1, 0.15) is 12.3 Å². The van der Waals surface area contributed by atoms with E-state index in [9.17, 15) is 13.2 Å². The van der Waals surface area contributed by atoms with E-state index in [1.807, 2.05) is 6.07 Å². The standard InChI is InChI=1S/C20H26N2O4S2/c1-16-6-4-7-17(12-16)15-27-11-10-21-20(23)14-22(28(3,24)25)18-8-5-9-19(13-18)26-2/h4-9,12-13H,10-11,14-15H2,1-3H3,(H,21,23). The van der Waals surface area contributed by atoms with Crippen LogP contribution >= 0.6 is 11.8 Å². The van der Waals surface area contributed by atoms with Gasteiger partial charge in [-0.25, -0.2) is 8.42 Å². The van der Waals surface area contributed by atoms with Crippen LogP contribution in [0.4, 0.5) is 5.69 Å². The molecular weight excluding hydrogens is 396 g/mol. The van der Waals surface area contributed by atoms with Gasteiger partial charge in [-0.3, -0.25) is 9.10 Å². The predicted molar refractivity (Wildman–Crippen MR) is 116 cm³/mol. The van der Waals surface area contributed by atoms with Gasteiger partial charge in [0.15, 0.2) is 0 Å². The Labute approximate surface area is 171 Å². The molecule has 0 fully saturated rings. The minimum Gasteiger partial charge on any atom is -0.497 e. The van der Waals surface area contributed by atoms with E-state index in [4.69, 9.17) is 4.74 Å². The Morgan fingerprint density at radius 1 is 1.18 bits per heavy atom. The molecular formula is C20H26N2O4S2. The van der Waals surface area contributed by atoms with Gasteiger partial charge in [-0.15, -0.1) is 0 Å². The third-order valence-electron chi connectivity index (χ3n) is 3.95. The van der Waals surface area contributed by atoms with Crippen LogP contribution in [0.5, 0.6) is 5.75 Å². The van der Waals surface area contributed by atoms with Gasteiger partial charge in [0, 0.05) is 24.1 Å². The van der Waals surface area contributed by atoms with Crippen LogP contribution in [0.2, 0.25) is 0 Å². The Balaban J connectivity index is 1.84. The average molecular weight is 423 g/mol. The lowest BCUT2D eigenvalue weighted by atomic mass is 10.2. The maximum atomic E-state index is 12.2. The summed E-state index contributed by atoms with van der Waals surface area (Å²) in [4.78, 5) is 12.2. The number of methoxy groups -OCH3 is 1. The number of ether oxygens (including phenoxy) is 1. The topological polar surface area (TPSA) is 75.7 Å². The molecule has 0 spiro atoms. The second-order valence-corrected chi connectivity index (χ2v) is 9.37. The normalized spacial score (nSPS) is 11.1. The highest BCUT2D eigenvalue weighted by Gasteiger charge is 2.21. The second kappa shape index (κ2) is 10.4. The molecule has 2 aromatic rings. The zero-order valence-electron chi connectivity index (χ0n) is 16.3. The van der Waals surface area contributed by atoms with Crippen LogP contribution in [-0.2, 0) is 20.6 Å². The first-order valence-electron chi connectivity index (χ1n) is 8.81. The highest BCUT2D eigenvalue weighted by atomic mass is 32.2. The average Bonchev–Trinajstić information content (AvgIpc) is 2.65. The van der Waals surface area contributed by atoms with Crippen molar-refractivity contribution in [2.45, 2.75) is 12.7 Å². The number of rotatable bonds is 10. The molecule has 0 bridgehead atoms. The molecule has 0 saturated heterocycles. The molecule has 0 heterocycles. The summed E-state index contributed by atoms with van der Waals surface area (Å²) in [5.74, 6) is 1.80. The van der Waals surface area contributed by atoms with Crippen LogP contribution in [0.25, 0.3) is 0 Å². The molecule has 0 atom stereocenters. The number of hydrogen-bond acceptors (Lipinski definition) is 5. The number of hydrogen-bond donors (Lipinski definition) is 1. The van der Waals surface area contributed by atoms with E-state index in [1.54, 1.807) is 36.0 Å². The molecule has 0 unspecified atom stereocenters. The number of nitrogens with one attached hydrogen (secondary N) is 1. The predicted octanol–water partition coefficient (Wildman–Crippen LogP) is 2.82. The largest absolute Gasteiger partial charge is 0.497 e. The van der Waals surface area contributed by atoms with Gasteiger partial charge in [-0.2, -0.15) is 11.8 Å². The Morgan fingerprint density at radius 3 is 2.61 bits per heavy atom. The molecule has 1 amide bonds. The van der Waals surface area contributed by atoms with E-state index >= 15 is 0 Å². The van der Waals surface area contributed by atoms with E-state index in [0.717, 1.165) is 22.1 Å². The summed E-state index contributed by atoms with van der Waals surface area (Å²) >= 11 is 1.72. The summed E-state index contributed by atoms with van der Waals surface area (Å²) in [5.41, 5.74) is 2.87. The molecule has 28 heavy (non-hydrogen) atoms. The van der Waals surface area contributed by atoms with Gasteiger partial charge in [-0.05, 0) is 24.6 Å². The zero-order valence-corrected chi connectivity index (χ0v) is 18.0. The molecule has 0 radical (unpaired) electrons. The third-order valence-corrected chi connectivity index (χ3v) is 6.12. The van der Waals surface area contributed by atoms with Gasteiger partial charge in [0.05, 0.1) is 19.1 Å². The second-order valence-electron chi connectivity index (χ2n) is 6.36. The molecule has 152 valence electrons. The summed E-state index contributed by atoms with van der Waals surface area (Å²) in [5, 5.41) is 2.78. The van der Waals surface area contributed by atoms with Crippen LogP contribution in [-0.4, -0.2) is 46.5 Å². The fourth-order valence-corrected chi connectivity index (χ4v) is 4.26. The number of nitrogens with zero attached hydrogens (tertiary/aromatic N) is 1. The van der Waals surface area contributed by atoms with E-state index < -0.39 is 10.0 Å². The first-order chi connectivity index (χ1) is 13.3. The third kappa shape index (κ3) is 7.09. The SMILES string of the molecule is COc1cccc(N(CC(=O)NCCSCc2cccc(C)c2)S(C)(=O)=O)c1. The van der Waals surface area contributed by atoms with Gasteiger partial charge >= 0.3 is 0 Å². The van der Waals surface area contributed by atoms with E-state index in [2.05, 4.69) is 30.4 Å². The Bertz CT molecular complexity index is 901. The van der Waals surface area contributed by atoms with Crippen molar-refractivity contribution in [1.82, 2.24) is 5.32 Å². The van der Waals surface area contributed by atoms with Gasteiger partial charge < -0.3 is 10.1 Å². The number of carbonyl (C=O) groups excluding carboxylic acids is 1. The van der Waals surface area contributed by atoms with E-state index in [1.165, 1.54) is 18.2 Å². The molecule has 0 aliphatic rings. The molecule has 2 aromatic carbocycles. The number of sulfonamides is 1. The maximum Gasteiger partial charge on any atom is 0.240 e. The van der Waals surface area contributed by atoms with Crippen molar-refractivity contribution < 1.29 is 17.9 Å². The molecule has 2 rings (SSSR count). The number of benzene rings is 2. The minimum absolute atomic E-state index is 0.269. The number of anilines is 1. The van der Waals surface area contributed by atoms with Crippen molar-refractivity contribution in [2.75, 3.05) is 36.5 Å². The fourth-order valence-electron chi connectivity index (χ4n) is 2.61. The number of amides is 1. The number of carbonyl (C=O) groups is 1. The summed E-state index contributed by atoms with van der Waals surface area (Å²) in [6.45, 7) is 2.27. The summed E-state index contributed by atoms with van der Waals surface area (Å²) in [6, 6.07) is 14.9. The molecule has 8 heteroatoms. The van der Waals surface area contributed by atoms with Crippen molar-refractivity contribution in [2.24, 2.45) is 0 Å². The highest BCUT2D eigenvalue weighted by Crippen LogP contribution is 2.22. The van der Waals surface area contributed by atoms with Crippen molar-refractivity contribution in [3.05, 3.63) is 59.7 Å². The van der Waals surface area contributed by atoms with Crippen LogP contribution in [0.15, 0.2) is 48.5 Å². The summed E-state index contributed by atoms with van der Waals surface area (Å²) in [6.07, 6.45) is 1.08. The van der Waals surface area contributed by atoms with Crippen molar-refractivity contribution in [3.8, 4) is 5.75 Å². The van der Waals surface area contributed by atoms with E-state index in [0.29, 0.717) is 18.0 Å². The number of thioether (sulfide) groups is 1. The highest BCUT2D eigenvalue weighted by molar-refractivity contribution is 7.98. The quantitative estimate of drug-likeness (QED) is 0.596. The summed E-state index contributed by atoms with van der Waals surface area (Å²) in [7, 11) is -2.10. The lowest BCUT2D eigenvalue weighted by Crippen LogP contribution is -2.41. The van der Waals surface area contributed by atoms with Gasteiger partial charge in [0.2, 0.25) is 15.9 Å². The van der Waals surface area contributed by atoms with Crippen LogP contribution in [0.1, 0.15) is 11.1 Å². The first kappa shape index (κ1) is 22.1. The molecule has 1 N–H and O–H groups in total. The smallest absolute Gasteiger partial charge is 0.240 e. The molecule has 0 aromatic heterocycles. The lowest BCUT2D eigenvalue weighted by molar-refractivity contribution is -0.119. The zero-order chi connectivity index (χ0) is 20.6. The Morgan fingerprint density at radius 2 is 1.93 bits per heavy atom. The molecule has 0 aliphatic carbocycles. The van der Waals surface area contributed by atoms with Gasteiger partial charge in [0.25, 0.3) is 0 Å². The molecule has 0 saturated carbocycles. The fraction of sp³-hybridized carbons (Fsp3) is 0.350. The Hall–Kier alpha value is -2.19.